The van der Waals surface area contributed by atoms with E-state index in [1.54, 1.807) is 0 Å². The molecular formula is C15H26O3. The molecule has 1 saturated carbocycles. The number of hydrogen-bond acceptors (Lipinski definition) is 3. The van der Waals surface area contributed by atoms with Crippen molar-refractivity contribution in [3.05, 3.63) is 0 Å². The van der Waals surface area contributed by atoms with Crippen molar-refractivity contribution in [1.82, 2.24) is 0 Å². The third-order valence-corrected chi connectivity index (χ3v) is 3.68. The van der Waals surface area contributed by atoms with E-state index >= 15 is 0 Å². The van der Waals surface area contributed by atoms with Crippen LogP contribution in [0.5, 0.6) is 0 Å². The van der Waals surface area contributed by atoms with Crippen LogP contribution >= 0.6 is 0 Å². The molecule has 0 heterocycles. The van der Waals surface area contributed by atoms with E-state index in [-0.39, 0.29) is 6.42 Å². The van der Waals surface area contributed by atoms with Crippen LogP contribution in [0.2, 0.25) is 0 Å². The second-order valence-electron chi connectivity index (χ2n) is 5.36. The van der Waals surface area contributed by atoms with Crippen molar-refractivity contribution >= 4 is 0 Å². The molecule has 1 aliphatic rings. The zero-order valence-electron chi connectivity index (χ0n) is 11.5. The minimum absolute atomic E-state index is 0.239. The minimum atomic E-state index is -0.788. The Balaban J connectivity index is 2.20. The highest BCUT2D eigenvalue weighted by Gasteiger charge is 2.38. The van der Waals surface area contributed by atoms with Crippen LogP contribution < -0.4 is 0 Å². The molecule has 0 aromatic heterocycles. The average molecular weight is 254 g/mol. The molecule has 3 N–H and O–H groups in total. The van der Waals surface area contributed by atoms with Crippen LogP contribution in [-0.2, 0) is 0 Å². The second kappa shape index (κ2) is 7.78. The van der Waals surface area contributed by atoms with Gasteiger partial charge in [-0.1, -0.05) is 38.5 Å². The molecule has 0 radical (unpaired) electrons. The molecule has 0 amide bonds. The van der Waals surface area contributed by atoms with Crippen molar-refractivity contribution in [2.24, 2.45) is 11.8 Å². The number of rotatable bonds is 7. The van der Waals surface area contributed by atoms with E-state index in [9.17, 15) is 15.3 Å². The maximum Gasteiger partial charge on any atom is 0.114 e. The molecule has 104 valence electrons. The van der Waals surface area contributed by atoms with Gasteiger partial charge in [-0.15, -0.1) is 0 Å². The van der Waals surface area contributed by atoms with E-state index in [0.29, 0.717) is 18.8 Å². The average Bonchev–Trinajstić information content (AvgIpc) is 3.07. The Morgan fingerprint density at radius 3 is 2.44 bits per heavy atom. The first kappa shape index (κ1) is 15.5. The lowest BCUT2D eigenvalue weighted by Crippen LogP contribution is -2.26. The molecule has 1 fully saturated rings. The van der Waals surface area contributed by atoms with E-state index in [1.165, 1.54) is 19.3 Å². The van der Waals surface area contributed by atoms with Gasteiger partial charge in [0.15, 0.2) is 0 Å². The van der Waals surface area contributed by atoms with Crippen LogP contribution in [0, 0.1) is 23.7 Å². The van der Waals surface area contributed by atoms with Crippen LogP contribution in [0.25, 0.3) is 0 Å². The summed E-state index contributed by atoms with van der Waals surface area (Å²) < 4.78 is 0. The molecule has 18 heavy (non-hydrogen) atoms. The zero-order valence-corrected chi connectivity index (χ0v) is 11.5. The summed E-state index contributed by atoms with van der Waals surface area (Å²) in [5, 5.41) is 28.9. The monoisotopic (exact) mass is 254 g/mol. The summed E-state index contributed by atoms with van der Waals surface area (Å²) in [5.41, 5.74) is 0. The Morgan fingerprint density at radius 2 is 1.83 bits per heavy atom. The zero-order chi connectivity index (χ0) is 13.5. The van der Waals surface area contributed by atoms with Crippen molar-refractivity contribution in [3.8, 4) is 11.8 Å². The summed E-state index contributed by atoms with van der Waals surface area (Å²) in [6.45, 7) is 4.03. The lowest BCUT2D eigenvalue weighted by Gasteiger charge is -2.15. The summed E-state index contributed by atoms with van der Waals surface area (Å²) in [4.78, 5) is 0. The Kier molecular flexibility index (Phi) is 6.70. The molecule has 0 bridgehead atoms. The Morgan fingerprint density at radius 1 is 1.11 bits per heavy atom. The van der Waals surface area contributed by atoms with Crippen molar-refractivity contribution in [2.75, 3.05) is 0 Å². The normalized spacial score (nSPS) is 26.9. The van der Waals surface area contributed by atoms with Gasteiger partial charge in [0, 0.05) is 6.42 Å². The fourth-order valence-corrected chi connectivity index (χ4v) is 2.31. The number of aliphatic hydroxyl groups is 3. The summed E-state index contributed by atoms with van der Waals surface area (Å²) in [5.74, 6) is 6.73. The van der Waals surface area contributed by atoms with Gasteiger partial charge in [0.25, 0.3) is 0 Å². The van der Waals surface area contributed by atoms with Crippen molar-refractivity contribution in [1.29, 1.82) is 0 Å². The Bertz CT molecular complexity index is 292. The first-order valence-corrected chi connectivity index (χ1v) is 7.11. The number of hydrogen-bond donors (Lipinski definition) is 3. The fourth-order valence-electron chi connectivity index (χ4n) is 2.31. The smallest absolute Gasteiger partial charge is 0.114 e. The maximum absolute atomic E-state index is 9.86. The topological polar surface area (TPSA) is 60.7 Å². The first-order chi connectivity index (χ1) is 8.58. The molecule has 5 atom stereocenters. The second-order valence-corrected chi connectivity index (χ2v) is 5.36. The molecule has 0 saturated heterocycles. The van der Waals surface area contributed by atoms with Crippen molar-refractivity contribution < 1.29 is 15.3 Å². The van der Waals surface area contributed by atoms with Gasteiger partial charge in [0.05, 0.1) is 12.2 Å². The summed E-state index contributed by atoms with van der Waals surface area (Å²) in [6, 6.07) is 0. The van der Waals surface area contributed by atoms with Crippen molar-refractivity contribution in [2.45, 2.75) is 70.7 Å². The minimum Gasteiger partial charge on any atom is -0.390 e. The lowest BCUT2D eigenvalue weighted by molar-refractivity contribution is 0.0137. The van der Waals surface area contributed by atoms with Crippen LogP contribution in [0.4, 0.5) is 0 Å². The van der Waals surface area contributed by atoms with Crippen LogP contribution in [0.3, 0.4) is 0 Å². The molecule has 0 aliphatic heterocycles. The molecule has 0 aromatic carbocycles. The largest absolute Gasteiger partial charge is 0.390 e. The SMILES string of the molecule is CCCC1CC1C[C@@H](O)[C@H](O)CC#C[C@@H](O)CC. The Hall–Kier alpha value is -0.560. The Labute approximate surface area is 110 Å². The highest BCUT2D eigenvalue weighted by molar-refractivity contribution is 5.05. The predicted octanol–water partition coefficient (Wildman–Crippen LogP) is 1.70. The van der Waals surface area contributed by atoms with Gasteiger partial charge in [-0.2, -0.15) is 0 Å². The highest BCUT2D eigenvalue weighted by Crippen LogP contribution is 2.45. The standard InChI is InChI=1S/C15H26O3/c1-3-6-11-9-12(11)10-15(18)14(17)8-5-7-13(16)4-2/h11-18H,3-4,6,8-10H2,1-2H3/t11?,12?,13-,14+,15+/m0/s1. The third kappa shape index (κ3) is 5.39. The summed E-state index contributed by atoms with van der Waals surface area (Å²) >= 11 is 0. The maximum atomic E-state index is 9.86. The van der Waals surface area contributed by atoms with Gasteiger partial charge in [0.2, 0.25) is 0 Å². The quantitative estimate of drug-likeness (QED) is 0.606. The van der Waals surface area contributed by atoms with E-state index in [1.807, 2.05) is 6.92 Å². The molecular weight excluding hydrogens is 228 g/mol. The number of aliphatic hydroxyl groups excluding tert-OH is 3. The van der Waals surface area contributed by atoms with Crippen LogP contribution in [0.15, 0.2) is 0 Å². The van der Waals surface area contributed by atoms with Gasteiger partial charge in [0.1, 0.15) is 6.10 Å². The lowest BCUT2D eigenvalue weighted by atomic mass is 10.0. The van der Waals surface area contributed by atoms with E-state index in [4.69, 9.17) is 0 Å². The van der Waals surface area contributed by atoms with E-state index in [0.717, 1.165) is 5.92 Å². The molecule has 0 spiro atoms. The van der Waals surface area contributed by atoms with Gasteiger partial charge in [-0.3, -0.25) is 0 Å². The molecule has 3 nitrogen and oxygen atoms in total. The molecule has 2 unspecified atom stereocenters. The van der Waals surface area contributed by atoms with E-state index < -0.39 is 18.3 Å². The predicted molar refractivity (Wildman–Crippen MR) is 71.8 cm³/mol. The molecule has 3 heteroatoms. The molecule has 1 aliphatic carbocycles. The molecule has 0 aromatic rings. The van der Waals surface area contributed by atoms with E-state index in [2.05, 4.69) is 18.8 Å². The van der Waals surface area contributed by atoms with Gasteiger partial charge < -0.3 is 15.3 Å². The highest BCUT2D eigenvalue weighted by atomic mass is 16.3. The van der Waals surface area contributed by atoms with Gasteiger partial charge in [-0.05, 0) is 31.1 Å². The van der Waals surface area contributed by atoms with Crippen LogP contribution in [0.1, 0.15) is 52.4 Å². The van der Waals surface area contributed by atoms with Gasteiger partial charge in [-0.25, -0.2) is 0 Å². The summed E-state index contributed by atoms with van der Waals surface area (Å²) in [7, 11) is 0. The third-order valence-electron chi connectivity index (χ3n) is 3.68. The van der Waals surface area contributed by atoms with Crippen molar-refractivity contribution in [3.63, 3.8) is 0 Å². The summed E-state index contributed by atoms with van der Waals surface area (Å²) in [6.07, 6.45) is 3.05. The van der Waals surface area contributed by atoms with Gasteiger partial charge >= 0.3 is 0 Å². The molecule has 1 rings (SSSR count). The fraction of sp³-hybridized carbons (Fsp3) is 0.867. The first-order valence-electron chi connectivity index (χ1n) is 7.11. The van der Waals surface area contributed by atoms with Crippen LogP contribution in [-0.4, -0.2) is 33.6 Å².